The lowest BCUT2D eigenvalue weighted by atomic mass is 9.81. The van der Waals surface area contributed by atoms with E-state index in [2.05, 4.69) is 10.1 Å². The SMILES string of the molecule is O=c1onc(-c2ccccn2)n1CC1CCC(C(F)(F)F)CC1. The van der Waals surface area contributed by atoms with E-state index in [9.17, 15) is 18.0 Å². The van der Waals surface area contributed by atoms with Crippen molar-refractivity contribution in [2.75, 3.05) is 0 Å². The van der Waals surface area contributed by atoms with Crippen LogP contribution in [0, 0.1) is 11.8 Å². The Bertz CT molecular complexity index is 701. The van der Waals surface area contributed by atoms with Crippen molar-refractivity contribution < 1.29 is 17.7 Å². The van der Waals surface area contributed by atoms with Gasteiger partial charge in [0.1, 0.15) is 5.69 Å². The Morgan fingerprint density at radius 1 is 1.22 bits per heavy atom. The molecule has 2 heterocycles. The van der Waals surface area contributed by atoms with Gasteiger partial charge in [0.25, 0.3) is 0 Å². The summed E-state index contributed by atoms with van der Waals surface area (Å²) in [5, 5.41) is 3.74. The maximum atomic E-state index is 12.7. The van der Waals surface area contributed by atoms with Crippen LogP contribution >= 0.6 is 0 Å². The molecule has 0 spiro atoms. The molecule has 3 rings (SSSR count). The predicted octanol–water partition coefficient (Wildman–Crippen LogP) is 3.27. The molecule has 0 N–H and O–H groups in total. The average molecular weight is 327 g/mol. The van der Waals surface area contributed by atoms with Gasteiger partial charge < -0.3 is 0 Å². The van der Waals surface area contributed by atoms with Gasteiger partial charge in [-0.1, -0.05) is 11.2 Å². The fourth-order valence-electron chi connectivity index (χ4n) is 3.04. The number of nitrogens with zero attached hydrogens (tertiary/aromatic N) is 3. The molecule has 0 bridgehead atoms. The molecular weight excluding hydrogens is 311 g/mol. The van der Waals surface area contributed by atoms with E-state index < -0.39 is 17.9 Å². The lowest BCUT2D eigenvalue weighted by Crippen LogP contribution is -2.30. The van der Waals surface area contributed by atoms with Gasteiger partial charge in [0.2, 0.25) is 5.82 Å². The molecule has 1 aliphatic carbocycles. The van der Waals surface area contributed by atoms with Gasteiger partial charge in [-0.25, -0.2) is 4.79 Å². The molecule has 2 aromatic rings. The highest BCUT2D eigenvalue weighted by atomic mass is 19.4. The minimum Gasteiger partial charge on any atom is -0.295 e. The summed E-state index contributed by atoms with van der Waals surface area (Å²) in [6.45, 7) is 0.304. The molecule has 0 radical (unpaired) electrons. The van der Waals surface area contributed by atoms with E-state index in [1.54, 1.807) is 24.4 Å². The second kappa shape index (κ2) is 6.17. The van der Waals surface area contributed by atoms with Gasteiger partial charge in [0, 0.05) is 12.7 Å². The number of hydrogen-bond acceptors (Lipinski definition) is 4. The summed E-state index contributed by atoms with van der Waals surface area (Å²) in [7, 11) is 0. The predicted molar refractivity (Wildman–Crippen MR) is 75.5 cm³/mol. The molecule has 0 amide bonds. The van der Waals surface area contributed by atoms with Crippen LogP contribution in [0.15, 0.2) is 33.7 Å². The molecule has 1 fully saturated rings. The van der Waals surface area contributed by atoms with Gasteiger partial charge in [0.05, 0.1) is 5.92 Å². The lowest BCUT2D eigenvalue weighted by Gasteiger charge is -2.29. The topological polar surface area (TPSA) is 60.9 Å². The summed E-state index contributed by atoms with van der Waals surface area (Å²) in [5.74, 6) is -1.52. The van der Waals surface area contributed by atoms with E-state index in [-0.39, 0.29) is 18.8 Å². The van der Waals surface area contributed by atoms with Crippen molar-refractivity contribution in [3.8, 4) is 11.5 Å². The average Bonchev–Trinajstić information content (AvgIpc) is 2.89. The molecule has 0 atom stereocenters. The first-order chi connectivity index (χ1) is 10.9. The van der Waals surface area contributed by atoms with Crippen molar-refractivity contribution in [3.63, 3.8) is 0 Å². The molecule has 0 unspecified atom stereocenters. The molecule has 1 aliphatic rings. The summed E-state index contributed by atoms with van der Waals surface area (Å²) >= 11 is 0. The van der Waals surface area contributed by atoms with Crippen LogP contribution in [0.3, 0.4) is 0 Å². The van der Waals surface area contributed by atoms with Crippen molar-refractivity contribution >= 4 is 0 Å². The van der Waals surface area contributed by atoms with Gasteiger partial charge in [-0.05, 0) is 43.7 Å². The molecule has 5 nitrogen and oxygen atoms in total. The van der Waals surface area contributed by atoms with Crippen LogP contribution in [0.4, 0.5) is 13.2 Å². The largest absolute Gasteiger partial charge is 0.441 e. The van der Waals surface area contributed by atoms with Crippen molar-refractivity contribution in [3.05, 3.63) is 34.9 Å². The van der Waals surface area contributed by atoms with E-state index in [1.165, 1.54) is 4.57 Å². The van der Waals surface area contributed by atoms with Crippen LogP contribution < -0.4 is 5.76 Å². The first-order valence-corrected chi connectivity index (χ1v) is 7.50. The van der Waals surface area contributed by atoms with Crippen molar-refractivity contribution in [2.45, 2.75) is 38.4 Å². The van der Waals surface area contributed by atoms with Crippen LogP contribution in [0.1, 0.15) is 25.7 Å². The van der Waals surface area contributed by atoms with Gasteiger partial charge in [-0.3, -0.25) is 14.1 Å². The third-order valence-corrected chi connectivity index (χ3v) is 4.33. The second-order valence-electron chi connectivity index (χ2n) is 5.86. The van der Waals surface area contributed by atoms with Crippen LogP contribution in [-0.4, -0.2) is 20.9 Å². The molecular formula is C15H16F3N3O2. The van der Waals surface area contributed by atoms with E-state index in [0.29, 0.717) is 30.9 Å². The number of halogens is 3. The highest BCUT2D eigenvalue weighted by molar-refractivity contribution is 5.47. The van der Waals surface area contributed by atoms with Gasteiger partial charge >= 0.3 is 11.9 Å². The molecule has 23 heavy (non-hydrogen) atoms. The monoisotopic (exact) mass is 327 g/mol. The maximum Gasteiger partial charge on any atom is 0.441 e. The smallest absolute Gasteiger partial charge is 0.295 e. The standard InChI is InChI=1S/C15H16F3N3O2/c16-15(17,18)11-6-4-10(5-7-11)9-21-13(20-23-14(21)22)12-3-1-2-8-19-12/h1-3,8,10-11H,4-7,9H2. The Morgan fingerprint density at radius 3 is 2.57 bits per heavy atom. The molecule has 0 aliphatic heterocycles. The Labute approximate surface area is 130 Å². The fraction of sp³-hybridized carbons (Fsp3) is 0.533. The normalized spacial score (nSPS) is 22.2. The highest BCUT2D eigenvalue weighted by Gasteiger charge is 2.41. The first kappa shape index (κ1) is 15.8. The zero-order valence-electron chi connectivity index (χ0n) is 12.3. The minimum atomic E-state index is -4.13. The Hall–Kier alpha value is -2.12. The number of rotatable bonds is 3. The molecule has 0 saturated heterocycles. The summed E-state index contributed by atoms with van der Waals surface area (Å²) in [6, 6.07) is 5.21. The third-order valence-electron chi connectivity index (χ3n) is 4.33. The first-order valence-electron chi connectivity index (χ1n) is 7.50. The van der Waals surface area contributed by atoms with E-state index in [1.807, 2.05) is 0 Å². The third kappa shape index (κ3) is 3.46. The molecule has 2 aromatic heterocycles. The van der Waals surface area contributed by atoms with E-state index in [0.717, 1.165) is 0 Å². The Balaban J connectivity index is 1.73. The van der Waals surface area contributed by atoms with Crippen LogP contribution in [-0.2, 0) is 6.54 Å². The number of alkyl halides is 3. The van der Waals surface area contributed by atoms with Gasteiger partial charge in [0.15, 0.2) is 0 Å². The zero-order chi connectivity index (χ0) is 16.4. The second-order valence-corrected chi connectivity index (χ2v) is 5.86. The van der Waals surface area contributed by atoms with Crippen molar-refractivity contribution in [2.24, 2.45) is 11.8 Å². The molecule has 8 heteroatoms. The number of aromatic nitrogens is 3. The molecule has 1 saturated carbocycles. The lowest BCUT2D eigenvalue weighted by molar-refractivity contribution is -0.184. The quantitative estimate of drug-likeness (QED) is 0.868. The zero-order valence-corrected chi connectivity index (χ0v) is 12.3. The number of hydrogen-bond donors (Lipinski definition) is 0. The van der Waals surface area contributed by atoms with Gasteiger partial charge in [-0.15, -0.1) is 0 Å². The summed E-state index contributed by atoms with van der Waals surface area (Å²) in [6.07, 6.45) is -1.47. The van der Waals surface area contributed by atoms with Crippen LogP contribution in [0.5, 0.6) is 0 Å². The Kier molecular flexibility index (Phi) is 4.23. The fourth-order valence-corrected chi connectivity index (χ4v) is 3.04. The summed E-state index contributed by atoms with van der Waals surface area (Å²) in [4.78, 5) is 16.0. The highest BCUT2D eigenvalue weighted by Crippen LogP contribution is 2.39. The summed E-state index contributed by atoms with van der Waals surface area (Å²) in [5.41, 5.74) is 0.502. The number of pyridine rings is 1. The van der Waals surface area contributed by atoms with Crippen molar-refractivity contribution in [1.29, 1.82) is 0 Å². The summed E-state index contributed by atoms with van der Waals surface area (Å²) < 4.78 is 44.2. The maximum absolute atomic E-state index is 12.7. The van der Waals surface area contributed by atoms with Crippen LogP contribution in [0.25, 0.3) is 11.5 Å². The van der Waals surface area contributed by atoms with Crippen LogP contribution in [0.2, 0.25) is 0 Å². The van der Waals surface area contributed by atoms with E-state index in [4.69, 9.17) is 4.52 Å². The molecule has 0 aromatic carbocycles. The van der Waals surface area contributed by atoms with Crippen molar-refractivity contribution in [1.82, 2.24) is 14.7 Å². The van der Waals surface area contributed by atoms with Gasteiger partial charge in [-0.2, -0.15) is 13.2 Å². The molecule has 124 valence electrons. The van der Waals surface area contributed by atoms with E-state index >= 15 is 0 Å². The Morgan fingerprint density at radius 2 is 1.96 bits per heavy atom. The minimum absolute atomic E-state index is 0.00756.